The molecule has 2 aromatic heterocycles. The van der Waals surface area contributed by atoms with E-state index in [9.17, 15) is 19.7 Å². The summed E-state index contributed by atoms with van der Waals surface area (Å²) in [5, 5.41) is 11.5. The monoisotopic (exact) mass is 407 g/mol. The van der Waals surface area contributed by atoms with Crippen LogP contribution in [-0.4, -0.2) is 14.5 Å². The minimum absolute atomic E-state index is 0.0392. The summed E-state index contributed by atoms with van der Waals surface area (Å²) in [6, 6.07) is 12.9. The molecule has 4 rings (SSSR count). The number of nitro groups is 1. The quantitative estimate of drug-likeness (QED) is 0.282. The molecule has 0 bridgehead atoms. The van der Waals surface area contributed by atoms with Crippen molar-refractivity contribution in [3.05, 3.63) is 79.2 Å². The highest BCUT2D eigenvalue weighted by molar-refractivity contribution is 7.24. The first kappa shape index (κ1) is 18.9. The number of non-ortho nitro benzene ring substituents is 1. The van der Waals surface area contributed by atoms with Crippen molar-refractivity contribution in [2.75, 3.05) is 0 Å². The van der Waals surface area contributed by atoms with Crippen LogP contribution in [0.15, 0.2) is 58.1 Å². The third-order valence-electron chi connectivity index (χ3n) is 5.02. The molecule has 1 atom stereocenters. The normalized spacial score (nSPS) is 12.3. The summed E-state index contributed by atoms with van der Waals surface area (Å²) in [7, 11) is 0. The molecule has 0 aliphatic rings. The van der Waals surface area contributed by atoms with Gasteiger partial charge in [0.2, 0.25) is 5.43 Å². The van der Waals surface area contributed by atoms with Crippen LogP contribution in [0.1, 0.15) is 26.3 Å². The topological polar surface area (TPSA) is 95.1 Å². The summed E-state index contributed by atoms with van der Waals surface area (Å²) in [4.78, 5) is 41.9. The van der Waals surface area contributed by atoms with Gasteiger partial charge in [0.25, 0.3) is 11.2 Å². The molecular formula is C21H17N3O4S. The zero-order valence-electron chi connectivity index (χ0n) is 15.8. The number of rotatable bonds is 4. The highest BCUT2D eigenvalue weighted by atomic mass is 32.1. The lowest BCUT2D eigenvalue weighted by Gasteiger charge is -2.18. The summed E-state index contributed by atoms with van der Waals surface area (Å²) < 4.78 is 2.28. The van der Waals surface area contributed by atoms with Gasteiger partial charge in [0.1, 0.15) is 16.0 Å². The van der Waals surface area contributed by atoms with E-state index >= 15 is 0 Å². The van der Waals surface area contributed by atoms with Crippen LogP contribution in [0.2, 0.25) is 0 Å². The first-order valence-corrected chi connectivity index (χ1v) is 9.97. The molecule has 2 aromatic carbocycles. The average molecular weight is 407 g/mol. The average Bonchev–Trinajstić information content (AvgIpc) is 2.73. The molecular weight excluding hydrogens is 390 g/mol. The zero-order valence-corrected chi connectivity index (χ0v) is 16.6. The van der Waals surface area contributed by atoms with Gasteiger partial charge in [-0.1, -0.05) is 19.1 Å². The summed E-state index contributed by atoms with van der Waals surface area (Å²) in [6.45, 7) is 3.83. The number of hydrogen-bond donors (Lipinski definition) is 0. The molecule has 1 unspecified atom stereocenters. The Morgan fingerprint density at radius 2 is 1.83 bits per heavy atom. The van der Waals surface area contributed by atoms with Crippen molar-refractivity contribution in [1.29, 1.82) is 0 Å². The van der Waals surface area contributed by atoms with Crippen LogP contribution < -0.4 is 11.0 Å². The van der Waals surface area contributed by atoms with Gasteiger partial charge >= 0.3 is 0 Å². The van der Waals surface area contributed by atoms with Crippen molar-refractivity contribution < 1.29 is 4.92 Å². The number of nitrogens with zero attached hydrogens (tertiary/aromatic N) is 3. The third kappa shape index (κ3) is 3.11. The van der Waals surface area contributed by atoms with E-state index in [0.29, 0.717) is 28.0 Å². The second-order valence-electron chi connectivity index (χ2n) is 6.78. The molecule has 0 aliphatic heterocycles. The Morgan fingerprint density at radius 3 is 2.48 bits per heavy atom. The van der Waals surface area contributed by atoms with Gasteiger partial charge in [-0.05, 0) is 37.6 Å². The molecule has 0 spiro atoms. The smallest absolute Gasteiger partial charge is 0.269 e. The fourth-order valence-electron chi connectivity index (χ4n) is 3.29. The predicted octanol–water partition coefficient (Wildman–Crippen LogP) is 4.52. The fraction of sp³-hybridized carbons (Fsp3) is 0.190. The van der Waals surface area contributed by atoms with Crippen molar-refractivity contribution in [1.82, 2.24) is 9.55 Å². The summed E-state index contributed by atoms with van der Waals surface area (Å²) in [6.07, 6.45) is 0.665. The van der Waals surface area contributed by atoms with Gasteiger partial charge in [0, 0.05) is 33.8 Å². The van der Waals surface area contributed by atoms with E-state index in [0.717, 1.165) is 4.70 Å². The SMILES string of the molecule is CCC(C)n1c(-c2ccc([N+](=O)[O-])cc2)nc2sc3ccccc3c(=O)c2c1=O. The van der Waals surface area contributed by atoms with Crippen LogP contribution in [0.5, 0.6) is 0 Å². The van der Waals surface area contributed by atoms with Gasteiger partial charge in [0.05, 0.1) is 4.92 Å². The first-order chi connectivity index (χ1) is 13.9. The number of hydrogen-bond acceptors (Lipinski definition) is 6. The standard InChI is InChI=1S/C21H17N3O4S/c1-3-12(2)23-19(13-8-10-14(11-9-13)24(27)28)22-20-17(21(23)26)18(25)15-6-4-5-7-16(15)29-20/h4-12H,3H2,1-2H3. The fourth-order valence-corrected chi connectivity index (χ4v) is 4.33. The van der Waals surface area contributed by atoms with Crippen molar-refractivity contribution in [3.8, 4) is 11.4 Å². The van der Waals surface area contributed by atoms with Crippen LogP contribution in [-0.2, 0) is 0 Å². The van der Waals surface area contributed by atoms with E-state index in [2.05, 4.69) is 4.98 Å². The molecule has 29 heavy (non-hydrogen) atoms. The lowest BCUT2D eigenvalue weighted by atomic mass is 10.1. The second-order valence-corrected chi connectivity index (χ2v) is 7.81. The Balaban J connectivity index is 2.10. The molecule has 0 saturated heterocycles. The molecule has 4 aromatic rings. The van der Waals surface area contributed by atoms with E-state index in [1.807, 2.05) is 26.0 Å². The van der Waals surface area contributed by atoms with Crippen LogP contribution in [0.4, 0.5) is 5.69 Å². The van der Waals surface area contributed by atoms with E-state index in [-0.39, 0.29) is 28.1 Å². The highest BCUT2D eigenvalue weighted by Gasteiger charge is 2.20. The van der Waals surface area contributed by atoms with Gasteiger partial charge in [-0.3, -0.25) is 24.3 Å². The highest BCUT2D eigenvalue weighted by Crippen LogP contribution is 2.27. The van der Waals surface area contributed by atoms with Crippen LogP contribution in [0.25, 0.3) is 31.7 Å². The van der Waals surface area contributed by atoms with Gasteiger partial charge in [0.15, 0.2) is 0 Å². The maximum absolute atomic E-state index is 13.4. The predicted molar refractivity (Wildman–Crippen MR) is 115 cm³/mol. The first-order valence-electron chi connectivity index (χ1n) is 9.15. The Hall–Kier alpha value is -3.39. The molecule has 7 nitrogen and oxygen atoms in total. The van der Waals surface area contributed by atoms with Gasteiger partial charge in [-0.15, -0.1) is 11.3 Å². The number of nitro benzene ring substituents is 1. The molecule has 0 radical (unpaired) electrons. The van der Waals surface area contributed by atoms with Gasteiger partial charge in [-0.25, -0.2) is 4.98 Å². The summed E-state index contributed by atoms with van der Waals surface area (Å²) in [5.41, 5.74) is -0.158. The largest absolute Gasteiger partial charge is 0.289 e. The molecule has 146 valence electrons. The lowest BCUT2D eigenvalue weighted by molar-refractivity contribution is -0.384. The maximum atomic E-state index is 13.4. The Labute approximate surface area is 169 Å². The molecule has 2 heterocycles. The minimum Gasteiger partial charge on any atom is -0.289 e. The van der Waals surface area contributed by atoms with Crippen LogP contribution >= 0.6 is 11.3 Å². The molecule has 0 fully saturated rings. The maximum Gasteiger partial charge on any atom is 0.269 e. The third-order valence-corrected chi connectivity index (χ3v) is 6.08. The zero-order chi connectivity index (χ0) is 20.7. The van der Waals surface area contributed by atoms with Crippen molar-refractivity contribution in [2.45, 2.75) is 26.3 Å². The molecule has 0 amide bonds. The van der Waals surface area contributed by atoms with E-state index < -0.39 is 4.92 Å². The summed E-state index contributed by atoms with van der Waals surface area (Å²) in [5.74, 6) is 0.401. The van der Waals surface area contributed by atoms with Gasteiger partial charge < -0.3 is 0 Å². The number of aromatic nitrogens is 2. The Kier molecular flexibility index (Phi) is 4.71. The second kappa shape index (κ2) is 7.21. The van der Waals surface area contributed by atoms with Crippen LogP contribution in [0.3, 0.4) is 0 Å². The molecule has 8 heteroatoms. The van der Waals surface area contributed by atoms with Gasteiger partial charge in [-0.2, -0.15) is 0 Å². The Bertz CT molecular complexity index is 1370. The van der Waals surface area contributed by atoms with E-state index in [4.69, 9.17) is 0 Å². The number of fused-ring (bicyclic) bond motifs is 2. The van der Waals surface area contributed by atoms with Crippen molar-refractivity contribution in [3.63, 3.8) is 0 Å². The van der Waals surface area contributed by atoms with Crippen LogP contribution in [0, 0.1) is 10.1 Å². The minimum atomic E-state index is -0.475. The summed E-state index contributed by atoms with van der Waals surface area (Å²) >= 11 is 1.29. The van der Waals surface area contributed by atoms with Crippen molar-refractivity contribution >= 4 is 37.3 Å². The van der Waals surface area contributed by atoms with E-state index in [1.54, 1.807) is 24.3 Å². The van der Waals surface area contributed by atoms with Crippen molar-refractivity contribution in [2.24, 2.45) is 0 Å². The van der Waals surface area contributed by atoms with E-state index in [1.165, 1.54) is 28.0 Å². The molecule has 0 saturated carbocycles. The Morgan fingerprint density at radius 1 is 1.14 bits per heavy atom. The lowest BCUT2D eigenvalue weighted by Crippen LogP contribution is -2.29. The number of benzene rings is 2. The molecule has 0 aliphatic carbocycles. The molecule has 0 N–H and O–H groups in total.